The number of benzene rings is 2. The van der Waals surface area contributed by atoms with Gasteiger partial charge in [0.2, 0.25) is 0 Å². The van der Waals surface area contributed by atoms with E-state index in [0.717, 1.165) is 16.8 Å². The zero-order valence-electron chi connectivity index (χ0n) is 15.1. The Bertz CT molecular complexity index is 950. The van der Waals surface area contributed by atoms with Gasteiger partial charge in [0, 0.05) is 16.5 Å². The number of anilines is 1. The largest absolute Gasteiger partial charge is 0.493 e. The molecule has 0 aliphatic heterocycles. The Kier molecular flexibility index (Phi) is 5.23. The third-order valence-electron chi connectivity index (χ3n) is 4.04. The highest BCUT2D eigenvalue weighted by atomic mass is 32.1. The molecule has 0 spiro atoms. The molecule has 1 amide bonds. The van der Waals surface area contributed by atoms with Gasteiger partial charge in [0.25, 0.3) is 5.91 Å². The Labute approximate surface area is 156 Å². The molecule has 0 aliphatic carbocycles. The first-order valence-electron chi connectivity index (χ1n) is 8.08. The average molecular weight is 368 g/mol. The third kappa shape index (κ3) is 3.70. The first-order valence-corrected chi connectivity index (χ1v) is 8.96. The van der Waals surface area contributed by atoms with Crippen LogP contribution in [-0.4, -0.2) is 25.1 Å². The topological polar surface area (TPSA) is 60.5 Å². The lowest BCUT2D eigenvalue weighted by atomic mass is 10.0. The lowest BCUT2D eigenvalue weighted by Crippen LogP contribution is -2.12. The van der Waals surface area contributed by atoms with Gasteiger partial charge >= 0.3 is 0 Å². The molecule has 3 rings (SSSR count). The first kappa shape index (κ1) is 17.9. The zero-order chi connectivity index (χ0) is 18.7. The van der Waals surface area contributed by atoms with Gasteiger partial charge in [-0.1, -0.05) is 17.7 Å². The summed E-state index contributed by atoms with van der Waals surface area (Å²) >= 11 is 1.40. The van der Waals surface area contributed by atoms with Gasteiger partial charge in [-0.05, 0) is 43.7 Å². The molecule has 0 bridgehead atoms. The Morgan fingerprint density at radius 3 is 2.54 bits per heavy atom. The van der Waals surface area contributed by atoms with E-state index in [1.807, 2.05) is 5.38 Å². The van der Waals surface area contributed by atoms with Crippen molar-refractivity contribution in [1.82, 2.24) is 4.98 Å². The van der Waals surface area contributed by atoms with Crippen LogP contribution in [0.1, 0.15) is 21.5 Å². The number of carbonyl (C=O) groups is 1. The number of carbonyl (C=O) groups excluding carboxylic acids is 1. The minimum Gasteiger partial charge on any atom is -0.493 e. The predicted molar refractivity (Wildman–Crippen MR) is 105 cm³/mol. The molecular formula is C20H20N2O3S. The van der Waals surface area contributed by atoms with Crippen LogP contribution in [0.25, 0.3) is 11.3 Å². The van der Waals surface area contributed by atoms with Crippen molar-refractivity contribution in [2.45, 2.75) is 13.8 Å². The van der Waals surface area contributed by atoms with Crippen molar-refractivity contribution in [3.05, 3.63) is 58.5 Å². The van der Waals surface area contributed by atoms with Gasteiger partial charge in [-0.25, -0.2) is 4.98 Å². The van der Waals surface area contributed by atoms with Crippen LogP contribution in [0.15, 0.2) is 41.8 Å². The summed E-state index contributed by atoms with van der Waals surface area (Å²) in [4.78, 5) is 17.1. The molecule has 1 heterocycles. The van der Waals surface area contributed by atoms with Crippen molar-refractivity contribution in [3.8, 4) is 22.8 Å². The summed E-state index contributed by atoms with van der Waals surface area (Å²) in [6.45, 7) is 4.10. The molecular weight excluding hydrogens is 348 g/mol. The summed E-state index contributed by atoms with van der Waals surface area (Å²) in [5.74, 6) is 0.846. The number of rotatable bonds is 5. The number of nitrogens with one attached hydrogen (secondary N) is 1. The van der Waals surface area contributed by atoms with Gasteiger partial charge in [-0.2, -0.15) is 0 Å². The van der Waals surface area contributed by atoms with Crippen LogP contribution in [0.3, 0.4) is 0 Å². The maximum Gasteiger partial charge on any atom is 0.257 e. The summed E-state index contributed by atoms with van der Waals surface area (Å²) in [5.41, 5.74) is 4.74. The van der Waals surface area contributed by atoms with Crippen LogP contribution in [-0.2, 0) is 0 Å². The molecule has 134 valence electrons. The molecule has 0 saturated heterocycles. The zero-order valence-corrected chi connectivity index (χ0v) is 15.9. The van der Waals surface area contributed by atoms with Crippen molar-refractivity contribution < 1.29 is 14.3 Å². The number of thiazole rings is 1. The van der Waals surface area contributed by atoms with Crippen molar-refractivity contribution in [1.29, 1.82) is 0 Å². The van der Waals surface area contributed by atoms with Gasteiger partial charge in [0.1, 0.15) is 0 Å². The minimum absolute atomic E-state index is 0.243. The monoisotopic (exact) mass is 368 g/mol. The maximum absolute atomic E-state index is 12.5. The molecule has 0 atom stereocenters. The van der Waals surface area contributed by atoms with Crippen LogP contribution >= 0.6 is 11.3 Å². The Hall–Kier alpha value is -2.86. The van der Waals surface area contributed by atoms with E-state index in [9.17, 15) is 4.79 Å². The Balaban J connectivity index is 1.81. The lowest BCUT2D eigenvalue weighted by molar-refractivity contribution is 0.102. The number of methoxy groups -OCH3 is 2. The number of amides is 1. The van der Waals surface area contributed by atoms with E-state index in [1.165, 1.54) is 24.0 Å². The molecule has 2 aromatic carbocycles. The molecule has 0 aliphatic rings. The normalized spacial score (nSPS) is 10.5. The number of ether oxygens (including phenoxy) is 2. The van der Waals surface area contributed by atoms with Crippen molar-refractivity contribution in [2.75, 3.05) is 19.5 Å². The van der Waals surface area contributed by atoms with Gasteiger partial charge in [-0.15, -0.1) is 11.3 Å². The quantitative estimate of drug-likeness (QED) is 0.709. The lowest BCUT2D eigenvalue weighted by Gasteiger charge is -2.09. The summed E-state index contributed by atoms with van der Waals surface area (Å²) in [5, 5.41) is 5.35. The SMILES string of the molecule is COc1ccc(C(=O)Nc2nc(-c3cc(C)ccc3C)cs2)cc1OC. The van der Waals surface area contributed by atoms with Crippen LogP contribution in [0.4, 0.5) is 5.13 Å². The third-order valence-corrected chi connectivity index (χ3v) is 4.80. The molecule has 1 aromatic heterocycles. The highest BCUT2D eigenvalue weighted by Crippen LogP contribution is 2.30. The second kappa shape index (κ2) is 7.58. The summed E-state index contributed by atoms with van der Waals surface area (Å²) in [6.07, 6.45) is 0. The second-order valence-electron chi connectivity index (χ2n) is 5.88. The fourth-order valence-electron chi connectivity index (χ4n) is 2.61. The number of aryl methyl sites for hydroxylation is 2. The Morgan fingerprint density at radius 1 is 1.04 bits per heavy atom. The highest BCUT2D eigenvalue weighted by molar-refractivity contribution is 7.14. The molecule has 0 fully saturated rings. The fraction of sp³-hybridized carbons (Fsp3) is 0.200. The van der Waals surface area contributed by atoms with Crippen LogP contribution in [0.5, 0.6) is 11.5 Å². The number of nitrogens with zero attached hydrogens (tertiary/aromatic N) is 1. The number of hydrogen-bond donors (Lipinski definition) is 1. The molecule has 26 heavy (non-hydrogen) atoms. The first-order chi connectivity index (χ1) is 12.5. The molecule has 5 nitrogen and oxygen atoms in total. The van der Waals surface area contributed by atoms with Crippen LogP contribution < -0.4 is 14.8 Å². The van der Waals surface area contributed by atoms with E-state index in [4.69, 9.17) is 9.47 Å². The fourth-order valence-corrected chi connectivity index (χ4v) is 3.32. The van der Waals surface area contributed by atoms with Crippen molar-refractivity contribution in [3.63, 3.8) is 0 Å². The van der Waals surface area contributed by atoms with Gasteiger partial charge in [0.15, 0.2) is 16.6 Å². The smallest absolute Gasteiger partial charge is 0.257 e. The summed E-state index contributed by atoms with van der Waals surface area (Å²) in [7, 11) is 3.10. The van der Waals surface area contributed by atoms with E-state index >= 15 is 0 Å². The Morgan fingerprint density at radius 2 is 1.81 bits per heavy atom. The molecule has 1 N–H and O–H groups in total. The van der Waals surface area contributed by atoms with Crippen molar-refractivity contribution in [2.24, 2.45) is 0 Å². The van der Waals surface area contributed by atoms with Gasteiger partial charge in [0.05, 0.1) is 19.9 Å². The molecule has 3 aromatic rings. The second-order valence-corrected chi connectivity index (χ2v) is 6.74. The van der Waals surface area contributed by atoms with Gasteiger partial charge in [-0.3, -0.25) is 10.1 Å². The maximum atomic E-state index is 12.5. The van der Waals surface area contributed by atoms with Gasteiger partial charge < -0.3 is 9.47 Å². The number of aromatic nitrogens is 1. The standard InChI is InChI=1S/C20H20N2O3S/c1-12-5-6-13(2)15(9-12)16-11-26-20(21-16)22-19(23)14-7-8-17(24-3)18(10-14)25-4/h5-11H,1-4H3,(H,21,22,23). The van der Waals surface area contributed by atoms with Crippen LogP contribution in [0, 0.1) is 13.8 Å². The molecule has 0 unspecified atom stereocenters. The predicted octanol–water partition coefficient (Wildman–Crippen LogP) is 4.70. The summed E-state index contributed by atoms with van der Waals surface area (Å²) < 4.78 is 10.4. The van der Waals surface area contributed by atoms with E-state index in [1.54, 1.807) is 25.3 Å². The van der Waals surface area contributed by atoms with Crippen LogP contribution in [0.2, 0.25) is 0 Å². The van der Waals surface area contributed by atoms with E-state index < -0.39 is 0 Å². The van der Waals surface area contributed by atoms with E-state index in [-0.39, 0.29) is 5.91 Å². The molecule has 6 heteroatoms. The van der Waals surface area contributed by atoms with Crippen molar-refractivity contribution >= 4 is 22.4 Å². The minimum atomic E-state index is -0.243. The van der Waals surface area contributed by atoms with E-state index in [0.29, 0.717) is 22.2 Å². The molecule has 0 radical (unpaired) electrons. The summed E-state index contributed by atoms with van der Waals surface area (Å²) in [6, 6.07) is 11.3. The molecule has 0 saturated carbocycles. The van der Waals surface area contributed by atoms with E-state index in [2.05, 4.69) is 42.3 Å². The average Bonchev–Trinajstić information content (AvgIpc) is 3.11. The highest BCUT2D eigenvalue weighted by Gasteiger charge is 2.14. The number of hydrogen-bond acceptors (Lipinski definition) is 5.